The molecule has 0 fully saturated rings. The number of hydrogen-bond acceptors (Lipinski definition) is 7. The number of anilines is 1. The summed E-state index contributed by atoms with van der Waals surface area (Å²) in [7, 11) is 0. The molecule has 3 aliphatic rings. The highest BCUT2D eigenvalue weighted by Gasteiger charge is 2.42. The number of H-pyrrole nitrogens is 1. The Bertz CT molecular complexity index is 1450. The smallest absolute Gasteiger partial charge is 0.231 e. The van der Waals surface area contributed by atoms with Crippen LogP contribution in [0, 0.1) is 17.2 Å². The van der Waals surface area contributed by atoms with Gasteiger partial charge in [0.15, 0.2) is 23.1 Å². The van der Waals surface area contributed by atoms with Gasteiger partial charge in [0, 0.05) is 23.8 Å². The Morgan fingerprint density at radius 3 is 2.71 bits per heavy atom. The summed E-state index contributed by atoms with van der Waals surface area (Å²) < 4.78 is 11.0. The summed E-state index contributed by atoms with van der Waals surface area (Å²) in [5.74, 6) is 1.65. The zero-order chi connectivity index (χ0) is 24.1. The molecule has 0 saturated heterocycles. The van der Waals surface area contributed by atoms with E-state index in [4.69, 9.17) is 15.2 Å². The average Bonchev–Trinajstić information content (AvgIpc) is 3.53. The highest BCUT2D eigenvalue weighted by molar-refractivity contribution is 6.01. The molecule has 3 aromatic rings. The average molecular weight is 466 g/mol. The highest BCUT2D eigenvalue weighted by Crippen LogP contribution is 2.48. The molecule has 2 aromatic carbocycles. The van der Waals surface area contributed by atoms with Crippen LogP contribution >= 0.6 is 0 Å². The third-order valence-corrected chi connectivity index (χ3v) is 6.78. The van der Waals surface area contributed by atoms with Crippen molar-refractivity contribution in [3.05, 3.63) is 82.8 Å². The molecular weight excluding hydrogens is 442 g/mol. The third-order valence-electron chi connectivity index (χ3n) is 6.78. The molecule has 0 saturated carbocycles. The number of ether oxygens (including phenoxy) is 2. The largest absolute Gasteiger partial charge is 0.454 e. The van der Waals surface area contributed by atoms with Crippen LogP contribution in [0.4, 0.5) is 5.82 Å². The third kappa shape index (κ3) is 3.36. The number of nitrogens with zero attached hydrogens (tertiary/aromatic N) is 3. The van der Waals surface area contributed by atoms with Gasteiger partial charge in [-0.2, -0.15) is 10.4 Å². The van der Waals surface area contributed by atoms with Crippen molar-refractivity contribution in [1.29, 1.82) is 5.26 Å². The lowest BCUT2D eigenvalue weighted by atomic mass is 9.73. The maximum atomic E-state index is 13.5. The molecule has 1 aliphatic carbocycles. The van der Waals surface area contributed by atoms with Gasteiger partial charge >= 0.3 is 0 Å². The molecule has 0 amide bonds. The lowest BCUT2D eigenvalue weighted by Gasteiger charge is -2.40. The fraction of sp³-hybridized carbons (Fsp3) is 0.222. The van der Waals surface area contributed by atoms with Gasteiger partial charge in [0.05, 0.1) is 23.3 Å². The quantitative estimate of drug-likeness (QED) is 0.590. The molecule has 8 nitrogen and oxygen atoms in total. The maximum absolute atomic E-state index is 13.5. The van der Waals surface area contributed by atoms with Gasteiger partial charge in [-0.25, -0.2) is 0 Å². The van der Waals surface area contributed by atoms with E-state index in [1.54, 1.807) is 4.90 Å². The van der Waals surface area contributed by atoms with E-state index in [1.807, 2.05) is 54.6 Å². The van der Waals surface area contributed by atoms with Crippen molar-refractivity contribution in [2.24, 2.45) is 11.7 Å². The first kappa shape index (κ1) is 21.1. The summed E-state index contributed by atoms with van der Waals surface area (Å²) in [6, 6.07) is 19.5. The SMILES string of the molecule is CC1CC(=O)C2=C(C1)N(c1cc(-c3ccccc3)[nH]n1)C(N)=C(C#N)C2c1ccc2c(c1)OCO2. The van der Waals surface area contributed by atoms with Crippen LogP contribution in [-0.2, 0) is 4.79 Å². The van der Waals surface area contributed by atoms with E-state index >= 15 is 0 Å². The standard InChI is InChI=1S/C27H23N5O3/c1-15-9-20-26(21(33)10-15)25(17-7-8-22-23(11-17)35-14-34-22)18(13-28)27(29)32(20)24-12-19(30-31-24)16-5-3-2-4-6-16/h2-8,11-12,15,25H,9-10,14,29H2,1H3,(H,30,31). The van der Waals surface area contributed by atoms with E-state index in [0.29, 0.717) is 41.3 Å². The predicted octanol–water partition coefficient (Wildman–Crippen LogP) is 4.36. The second-order valence-corrected chi connectivity index (χ2v) is 9.09. The second-order valence-electron chi connectivity index (χ2n) is 9.09. The molecule has 35 heavy (non-hydrogen) atoms. The Morgan fingerprint density at radius 2 is 1.91 bits per heavy atom. The number of aromatic nitrogens is 2. The number of allylic oxidation sites excluding steroid dienone is 3. The zero-order valence-electron chi connectivity index (χ0n) is 19.1. The molecule has 174 valence electrons. The number of fused-ring (bicyclic) bond motifs is 1. The van der Waals surface area contributed by atoms with E-state index in [-0.39, 0.29) is 24.3 Å². The first-order valence-corrected chi connectivity index (χ1v) is 11.5. The highest BCUT2D eigenvalue weighted by atomic mass is 16.7. The van der Waals surface area contributed by atoms with Crippen molar-refractivity contribution in [2.45, 2.75) is 25.7 Å². The number of nitriles is 1. The minimum atomic E-state index is -0.576. The number of aromatic amines is 1. The molecule has 8 heteroatoms. The van der Waals surface area contributed by atoms with Gasteiger partial charge in [0.1, 0.15) is 5.82 Å². The van der Waals surface area contributed by atoms with Gasteiger partial charge < -0.3 is 15.2 Å². The van der Waals surface area contributed by atoms with Gasteiger partial charge in [-0.05, 0) is 35.6 Å². The van der Waals surface area contributed by atoms with Crippen LogP contribution in [0.25, 0.3) is 11.3 Å². The lowest BCUT2D eigenvalue weighted by Crippen LogP contribution is -2.40. The van der Waals surface area contributed by atoms with Crippen LogP contribution < -0.4 is 20.1 Å². The molecular formula is C27H23N5O3. The number of carbonyl (C=O) groups excluding carboxylic acids is 1. The first-order valence-electron chi connectivity index (χ1n) is 11.5. The van der Waals surface area contributed by atoms with Crippen LogP contribution in [-0.4, -0.2) is 22.8 Å². The summed E-state index contributed by atoms with van der Waals surface area (Å²) >= 11 is 0. The van der Waals surface area contributed by atoms with Crippen molar-refractivity contribution in [3.63, 3.8) is 0 Å². The van der Waals surface area contributed by atoms with E-state index in [9.17, 15) is 10.1 Å². The van der Waals surface area contributed by atoms with Crippen molar-refractivity contribution in [1.82, 2.24) is 10.2 Å². The molecule has 0 bridgehead atoms. The van der Waals surface area contributed by atoms with E-state index in [0.717, 1.165) is 22.5 Å². The maximum Gasteiger partial charge on any atom is 0.231 e. The minimum Gasteiger partial charge on any atom is -0.454 e. The minimum absolute atomic E-state index is 0.0190. The summed E-state index contributed by atoms with van der Waals surface area (Å²) in [4.78, 5) is 15.3. The van der Waals surface area contributed by atoms with Crippen LogP contribution in [0.3, 0.4) is 0 Å². The lowest BCUT2D eigenvalue weighted by molar-refractivity contribution is -0.117. The number of Topliss-reactive ketones (excluding diaryl/α,β-unsaturated/α-hetero) is 1. The molecule has 3 N–H and O–H groups in total. The molecule has 0 spiro atoms. The summed E-state index contributed by atoms with van der Waals surface area (Å²) in [6.45, 7) is 2.20. The van der Waals surface area contributed by atoms with Crippen molar-refractivity contribution >= 4 is 11.6 Å². The van der Waals surface area contributed by atoms with Crippen LogP contribution in [0.2, 0.25) is 0 Å². The second kappa shape index (κ2) is 8.06. The topological polar surface area (TPSA) is 117 Å². The fourth-order valence-corrected chi connectivity index (χ4v) is 5.20. The summed E-state index contributed by atoms with van der Waals surface area (Å²) in [5.41, 5.74) is 11.0. The van der Waals surface area contributed by atoms with Gasteiger partial charge in [-0.15, -0.1) is 0 Å². The number of ketones is 1. The van der Waals surface area contributed by atoms with Crippen LogP contribution in [0.5, 0.6) is 11.5 Å². The van der Waals surface area contributed by atoms with Crippen LogP contribution in [0.15, 0.2) is 77.3 Å². The van der Waals surface area contributed by atoms with Crippen molar-refractivity contribution in [2.75, 3.05) is 11.7 Å². The van der Waals surface area contributed by atoms with Crippen molar-refractivity contribution < 1.29 is 14.3 Å². The number of nitrogens with two attached hydrogens (primary N) is 1. The zero-order valence-corrected chi connectivity index (χ0v) is 19.1. The monoisotopic (exact) mass is 465 g/mol. The summed E-state index contributed by atoms with van der Waals surface area (Å²) in [5, 5.41) is 17.8. The molecule has 0 radical (unpaired) electrons. The van der Waals surface area contributed by atoms with Gasteiger partial charge in [-0.3, -0.25) is 14.8 Å². The van der Waals surface area contributed by atoms with Crippen molar-refractivity contribution in [3.8, 4) is 28.8 Å². The Labute approximate surface area is 202 Å². The Hall–Kier alpha value is -4.51. The van der Waals surface area contributed by atoms with E-state index < -0.39 is 5.92 Å². The molecule has 2 unspecified atom stereocenters. The van der Waals surface area contributed by atoms with E-state index in [1.165, 1.54) is 0 Å². The number of nitrogens with one attached hydrogen (secondary N) is 1. The van der Waals surface area contributed by atoms with Gasteiger partial charge in [0.25, 0.3) is 0 Å². The predicted molar refractivity (Wildman–Crippen MR) is 129 cm³/mol. The number of rotatable bonds is 3. The van der Waals surface area contributed by atoms with Crippen LogP contribution in [0.1, 0.15) is 31.2 Å². The number of hydrogen-bond donors (Lipinski definition) is 2. The molecule has 2 aliphatic heterocycles. The van der Waals surface area contributed by atoms with Gasteiger partial charge in [0.2, 0.25) is 6.79 Å². The molecule has 1 aromatic heterocycles. The molecule has 6 rings (SSSR count). The Balaban J connectivity index is 1.52. The number of benzene rings is 2. The van der Waals surface area contributed by atoms with Gasteiger partial charge in [-0.1, -0.05) is 43.3 Å². The Morgan fingerprint density at radius 1 is 1.11 bits per heavy atom. The number of carbonyl (C=O) groups is 1. The Kier molecular flexibility index (Phi) is 4.85. The fourth-order valence-electron chi connectivity index (χ4n) is 5.20. The summed E-state index contributed by atoms with van der Waals surface area (Å²) in [6.07, 6.45) is 1.07. The molecule has 2 atom stereocenters. The first-order chi connectivity index (χ1) is 17.0. The van der Waals surface area contributed by atoms with E-state index in [2.05, 4.69) is 23.2 Å². The molecule has 3 heterocycles. The normalized spacial score (nSPS) is 21.3.